The molecule has 2 rings (SSSR count). The summed E-state index contributed by atoms with van der Waals surface area (Å²) in [5.74, 6) is 1.78. The average molecular weight is 266 g/mol. The van der Waals surface area contributed by atoms with Crippen molar-refractivity contribution in [1.82, 2.24) is 4.90 Å². The van der Waals surface area contributed by atoms with Crippen molar-refractivity contribution >= 4 is 0 Å². The van der Waals surface area contributed by atoms with Crippen molar-refractivity contribution in [3.8, 4) is 0 Å². The molecule has 112 valence electrons. The lowest BCUT2D eigenvalue weighted by molar-refractivity contribution is 0.103. The van der Waals surface area contributed by atoms with Crippen molar-refractivity contribution in [2.45, 2.75) is 77.2 Å². The third kappa shape index (κ3) is 4.46. The number of hydrogen-bond acceptors (Lipinski definition) is 2. The van der Waals surface area contributed by atoms with Crippen LogP contribution in [0.1, 0.15) is 71.1 Å². The summed E-state index contributed by atoms with van der Waals surface area (Å²) in [5.41, 5.74) is 6.00. The highest BCUT2D eigenvalue weighted by molar-refractivity contribution is 4.84. The standard InChI is InChI=1S/C17H34N2/c1-2-19(13-12-15-8-4-3-5-9-15)17-11-7-6-10-16(17)14-18/h15-17H,2-14,18H2,1H3. The lowest BCUT2D eigenvalue weighted by Crippen LogP contribution is -2.45. The zero-order chi connectivity index (χ0) is 13.5. The Balaban J connectivity index is 1.80. The molecule has 2 N–H and O–H groups in total. The molecule has 2 heteroatoms. The smallest absolute Gasteiger partial charge is 0.0135 e. The van der Waals surface area contributed by atoms with Gasteiger partial charge >= 0.3 is 0 Å². The summed E-state index contributed by atoms with van der Waals surface area (Å²) in [5, 5.41) is 0. The van der Waals surface area contributed by atoms with Crippen LogP contribution >= 0.6 is 0 Å². The Hall–Kier alpha value is -0.0800. The highest BCUT2D eigenvalue weighted by Gasteiger charge is 2.28. The van der Waals surface area contributed by atoms with E-state index in [-0.39, 0.29) is 0 Å². The molecule has 2 saturated carbocycles. The Kier molecular flexibility index (Phi) is 6.66. The van der Waals surface area contributed by atoms with Crippen LogP contribution < -0.4 is 5.73 Å². The van der Waals surface area contributed by atoms with Crippen molar-refractivity contribution < 1.29 is 0 Å². The zero-order valence-electron chi connectivity index (χ0n) is 12.9. The van der Waals surface area contributed by atoms with Crippen molar-refractivity contribution in [3.63, 3.8) is 0 Å². The van der Waals surface area contributed by atoms with Crippen LogP contribution in [0.25, 0.3) is 0 Å². The predicted octanol–water partition coefficient (Wildman–Crippen LogP) is 3.80. The van der Waals surface area contributed by atoms with Gasteiger partial charge in [-0.25, -0.2) is 0 Å². The van der Waals surface area contributed by atoms with Crippen molar-refractivity contribution in [2.75, 3.05) is 19.6 Å². The topological polar surface area (TPSA) is 29.3 Å². The molecule has 0 aromatic heterocycles. The van der Waals surface area contributed by atoms with E-state index in [0.29, 0.717) is 0 Å². The molecule has 19 heavy (non-hydrogen) atoms. The average Bonchev–Trinajstić information content (AvgIpc) is 2.49. The second kappa shape index (κ2) is 8.26. The van der Waals surface area contributed by atoms with Gasteiger partial charge in [-0.3, -0.25) is 0 Å². The van der Waals surface area contributed by atoms with Crippen LogP contribution in [0.3, 0.4) is 0 Å². The molecular formula is C17H34N2. The quantitative estimate of drug-likeness (QED) is 0.792. The third-order valence-corrected chi connectivity index (χ3v) is 5.60. The van der Waals surface area contributed by atoms with E-state index in [1.807, 2.05) is 0 Å². The van der Waals surface area contributed by atoms with Crippen molar-refractivity contribution in [2.24, 2.45) is 17.6 Å². The Bertz CT molecular complexity index is 235. The van der Waals surface area contributed by atoms with E-state index in [1.54, 1.807) is 0 Å². The van der Waals surface area contributed by atoms with E-state index in [0.717, 1.165) is 24.4 Å². The van der Waals surface area contributed by atoms with Gasteiger partial charge in [0.25, 0.3) is 0 Å². The summed E-state index contributed by atoms with van der Waals surface area (Å²) in [6.07, 6.45) is 14.4. The van der Waals surface area contributed by atoms with Crippen LogP contribution in [0.2, 0.25) is 0 Å². The summed E-state index contributed by atoms with van der Waals surface area (Å²) in [4.78, 5) is 2.76. The number of nitrogens with zero attached hydrogens (tertiary/aromatic N) is 1. The van der Waals surface area contributed by atoms with Gasteiger partial charge in [0.15, 0.2) is 0 Å². The fourth-order valence-corrected chi connectivity index (χ4v) is 4.33. The first-order chi connectivity index (χ1) is 9.35. The summed E-state index contributed by atoms with van der Waals surface area (Å²) >= 11 is 0. The molecule has 2 atom stereocenters. The largest absolute Gasteiger partial charge is 0.330 e. The van der Waals surface area contributed by atoms with Crippen LogP contribution in [0.15, 0.2) is 0 Å². The van der Waals surface area contributed by atoms with Gasteiger partial charge in [0, 0.05) is 6.04 Å². The van der Waals surface area contributed by atoms with Crippen molar-refractivity contribution in [1.29, 1.82) is 0 Å². The van der Waals surface area contributed by atoms with E-state index in [1.165, 1.54) is 77.3 Å². The first kappa shape index (κ1) is 15.3. The third-order valence-electron chi connectivity index (χ3n) is 5.60. The SMILES string of the molecule is CCN(CCC1CCCCC1)C1CCCCC1CN. The molecule has 0 spiro atoms. The fourth-order valence-electron chi connectivity index (χ4n) is 4.33. The summed E-state index contributed by atoms with van der Waals surface area (Å²) in [7, 11) is 0. The van der Waals surface area contributed by atoms with E-state index in [2.05, 4.69) is 11.8 Å². The van der Waals surface area contributed by atoms with Gasteiger partial charge in [-0.15, -0.1) is 0 Å². The van der Waals surface area contributed by atoms with Gasteiger partial charge in [-0.2, -0.15) is 0 Å². The van der Waals surface area contributed by atoms with Crippen LogP contribution in [0, 0.1) is 11.8 Å². The van der Waals surface area contributed by atoms with E-state index < -0.39 is 0 Å². The Labute approximate surface area is 120 Å². The molecule has 0 heterocycles. The van der Waals surface area contributed by atoms with Gasteiger partial charge in [0.2, 0.25) is 0 Å². The molecule has 2 fully saturated rings. The molecule has 0 aromatic rings. The lowest BCUT2D eigenvalue weighted by atomic mass is 9.82. The molecule has 2 aliphatic rings. The molecule has 0 saturated heterocycles. The lowest BCUT2D eigenvalue weighted by Gasteiger charge is -2.40. The molecular weight excluding hydrogens is 232 g/mol. The molecule has 2 aliphatic carbocycles. The van der Waals surface area contributed by atoms with Gasteiger partial charge in [0.1, 0.15) is 0 Å². The fraction of sp³-hybridized carbons (Fsp3) is 1.00. The second-order valence-corrected chi connectivity index (χ2v) is 6.77. The predicted molar refractivity (Wildman–Crippen MR) is 83.2 cm³/mol. The molecule has 2 unspecified atom stereocenters. The molecule has 0 amide bonds. The first-order valence-corrected chi connectivity index (χ1v) is 8.79. The van der Waals surface area contributed by atoms with Crippen LogP contribution in [-0.2, 0) is 0 Å². The van der Waals surface area contributed by atoms with E-state index in [4.69, 9.17) is 5.73 Å². The Morgan fingerprint density at radius 1 is 0.947 bits per heavy atom. The first-order valence-electron chi connectivity index (χ1n) is 8.79. The maximum atomic E-state index is 6.00. The summed E-state index contributed by atoms with van der Waals surface area (Å²) in [6, 6.07) is 0.785. The maximum absolute atomic E-state index is 6.00. The molecule has 0 aliphatic heterocycles. The second-order valence-electron chi connectivity index (χ2n) is 6.77. The van der Waals surface area contributed by atoms with Gasteiger partial charge in [-0.1, -0.05) is 51.9 Å². The van der Waals surface area contributed by atoms with Crippen molar-refractivity contribution in [3.05, 3.63) is 0 Å². The molecule has 0 radical (unpaired) electrons. The minimum Gasteiger partial charge on any atom is -0.330 e. The summed E-state index contributed by atoms with van der Waals surface area (Å²) in [6.45, 7) is 5.77. The molecule has 2 nitrogen and oxygen atoms in total. The number of hydrogen-bond donors (Lipinski definition) is 1. The highest BCUT2D eigenvalue weighted by Crippen LogP contribution is 2.30. The molecule has 0 bridgehead atoms. The summed E-state index contributed by atoms with van der Waals surface area (Å²) < 4.78 is 0. The van der Waals surface area contributed by atoms with E-state index >= 15 is 0 Å². The van der Waals surface area contributed by atoms with Crippen LogP contribution in [0.4, 0.5) is 0 Å². The maximum Gasteiger partial charge on any atom is 0.0135 e. The number of rotatable bonds is 6. The minimum absolute atomic E-state index is 0.764. The van der Waals surface area contributed by atoms with Gasteiger partial charge in [-0.05, 0) is 50.7 Å². The number of nitrogens with two attached hydrogens (primary N) is 1. The van der Waals surface area contributed by atoms with Gasteiger partial charge < -0.3 is 10.6 Å². The Morgan fingerprint density at radius 3 is 2.32 bits per heavy atom. The Morgan fingerprint density at radius 2 is 1.63 bits per heavy atom. The minimum atomic E-state index is 0.764. The normalized spacial score (nSPS) is 29.8. The van der Waals surface area contributed by atoms with Gasteiger partial charge in [0.05, 0.1) is 0 Å². The monoisotopic (exact) mass is 266 g/mol. The zero-order valence-corrected chi connectivity index (χ0v) is 12.9. The highest BCUT2D eigenvalue weighted by atomic mass is 15.2. The van der Waals surface area contributed by atoms with Crippen LogP contribution in [0.5, 0.6) is 0 Å². The van der Waals surface area contributed by atoms with Crippen LogP contribution in [-0.4, -0.2) is 30.6 Å². The molecule has 0 aromatic carbocycles. The van der Waals surface area contributed by atoms with E-state index in [9.17, 15) is 0 Å².